The minimum atomic E-state index is 0.651. The molecule has 1 aromatic carbocycles. The number of aromatic nitrogens is 1. The molecule has 0 aliphatic carbocycles. The zero-order valence-electron chi connectivity index (χ0n) is 10.6. The molecule has 0 amide bonds. The lowest BCUT2D eigenvalue weighted by Crippen LogP contribution is -2.20. The Morgan fingerprint density at radius 1 is 1.17 bits per heavy atom. The maximum atomic E-state index is 5.60. The third-order valence-corrected chi connectivity index (χ3v) is 2.57. The fourth-order valence-corrected chi connectivity index (χ4v) is 1.68. The van der Waals surface area contributed by atoms with E-state index in [-0.39, 0.29) is 0 Å². The van der Waals surface area contributed by atoms with Crippen molar-refractivity contribution in [1.82, 2.24) is 10.3 Å². The molecule has 0 saturated carbocycles. The highest BCUT2D eigenvalue weighted by atomic mass is 16.5. The van der Waals surface area contributed by atoms with Crippen molar-refractivity contribution in [1.29, 1.82) is 0 Å². The smallest absolute Gasteiger partial charge is 0.137 e. The zero-order chi connectivity index (χ0) is 12.6. The van der Waals surface area contributed by atoms with Gasteiger partial charge in [0.1, 0.15) is 12.4 Å². The maximum Gasteiger partial charge on any atom is 0.137 e. The van der Waals surface area contributed by atoms with Crippen LogP contribution >= 0.6 is 0 Å². The molecule has 0 atom stereocenters. The van der Waals surface area contributed by atoms with Crippen LogP contribution in [0.4, 0.5) is 0 Å². The average molecular weight is 242 g/mol. The Kier molecular flexibility index (Phi) is 4.73. The van der Waals surface area contributed by atoms with Crippen molar-refractivity contribution < 1.29 is 4.74 Å². The summed E-state index contributed by atoms with van der Waals surface area (Å²) < 4.78 is 5.60. The van der Waals surface area contributed by atoms with Crippen LogP contribution in [0.25, 0.3) is 0 Å². The van der Waals surface area contributed by atoms with Gasteiger partial charge in [0.05, 0.1) is 6.20 Å². The Morgan fingerprint density at radius 2 is 2.00 bits per heavy atom. The summed E-state index contributed by atoms with van der Waals surface area (Å²) in [5, 5.41) is 3.34. The number of benzene rings is 1. The van der Waals surface area contributed by atoms with Gasteiger partial charge in [-0.05, 0) is 24.1 Å². The van der Waals surface area contributed by atoms with Crippen molar-refractivity contribution in [2.45, 2.75) is 13.5 Å². The van der Waals surface area contributed by atoms with E-state index in [2.05, 4.69) is 22.4 Å². The largest absolute Gasteiger partial charge is 0.491 e. The number of pyridine rings is 1. The van der Waals surface area contributed by atoms with Crippen molar-refractivity contribution >= 4 is 0 Å². The molecule has 1 N–H and O–H groups in total. The summed E-state index contributed by atoms with van der Waals surface area (Å²) in [6.45, 7) is 4.35. The SMILES string of the molecule is Cc1cncc(OCCNCc2ccccc2)c1. The molecule has 0 aliphatic heterocycles. The highest BCUT2D eigenvalue weighted by Crippen LogP contribution is 2.09. The van der Waals surface area contributed by atoms with Gasteiger partial charge in [0, 0.05) is 19.3 Å². The topological polar surface area (TPSA) is 34.1 Å². The van der Waals surface area contributed by atoms with Crippen LogP contribution in [0, 0.1) is 6.92 Å². The number of ether oxygens (including phenoxy) is 1. The molecular weight excluding hydrogens is 224 g/mol. The van der Waals surface area contributed by atoms with Gasteiger partial charge in [-0.3, -0.25) is 4.98 Å². The van der Waals surface area contributed by atoms with Gasteiger partial charge in [0.2, 0.25) is 0 Å². The molecule has 18 heavy (non-hydrogen) atoms. The van der Waals surface area contributed by atoms with Gasteiger partial charge in [-0.25, -0.2) is 0 Å². The maximum absolute atomic E-state index is 5.60. The van der Waals surface area contributed by atoms with Gasteiger partial charge in [-0.2, -0.15) is 0 Å². The molecule has 2 aromatic rings. The Labute approximate surface area is 108 Å². The summed E-state index contributed by atoms with van der Waals surface area (Å²) in [6.07, 6.45) is 3.56. The van der Waals surface area contributed by atoms with E-state index in [1.165, 1.54) is 5.56 Å². The molecule has 94 valence electrons. The van der Waals surface area contributed by atoms with E-state index in [1.54, 1.807) is 6.20 Å². The number of hydrogen-bond donors (Lipinski definition) is 1. The Bertz CT molecular complexity index is 471. The van der Waals surface area contributed by atoms with E-state index >= 15 is 0 Å². The van der Waals surface area contributed by atoms with Gasteiger partial charge in [0.25, 0.3) is 0 Å². The van der Waals surface area contributed by atoms with E-state index in [0.717, 1.165) is 24.4 Å². The minimum absolute atomic E-state index is 0.651. The Hall–Kier alpha value is -1.87. The molecular formula is C15H18N2O. The fraction of sp³-hybridized carbons (Fsp3) is 0.267. The standard InChI is InChI=1S/C15H18N2O/c1-13-9-15(12-17-10-13)18-8-7-16-11-14-5-3-2-4-6-14/h2-6,9-10,12,16H,7-8,11H2,1H3. The van der Waals surface area contributed by atoms with E-state index in [0.29, 0.717) is 6.61 Å². The van der Waals surface area contributed by atoms with Crippen LogP contribution in [0.5, 0.6) is 5.75 Å². The third kappa shape index (κ3) is 4.18. The highest BCUT2D eigenvalue weighted by Gasteiger charge is 1.95. The summed E-state index contributed by atoms with van der Waals surface area (Å²) in [5.41, 5.74) is 2.40. The van der Waals surface area contributed by atoms with Gasteiger partial charge in [-0.1, -0.05) is 30.3 Å². The predicted octanol–water partition coefficient (Wildman–Crippen LogP) is 2.56. The van der Waals surface area contributed by atoms with Crippen LogP contribution in [0.3, 0.4) is 0 Å². The summed E-state index contributed by atoms with van der Waals surface area (Å²) in [6, 6.07) is 12.3. The Balaban J connectivity index is 1.65. The number of nitrogens with one attached hydrogen (secondary N) is 1. The van der Waals surface area contributed by atoms with Crippen LogP contribution < -0.4 is 10.1 Å². The second-order valence-electron chi connectivity index (χ2n) is 4.21. The van der Waals surface area contributed by atoms with Crippen molar-refractivity contribution in [2.24, 2.45) is 0 Å². The second-order valence-corrected chi connectivity index (χ2v) is 4.21. The normalized spacial score (nSPS) is 10.3. The number of rotatable bonds is 6. The Morgan fingerprint density at radius 3 is 2.78 bits per heavy atom. The summed E-state index contributed by atoms with van der Waals surface area (Å²) in [7, 11) is 0. The number of nitrogens with zero attached hydrogens (tertiary/aromatic N) is 1. The molecule has 0 spiro atoms. The first-order valence-electron chi connectivity index (χ1n) is 6.14. The molecule has 1 heterocycles. The fourth-order valence-electron chi connectivity index (χ4n) is 1.68. The molecule has 0 unspecified atom stereocenters. The van der Waals surface area contributed by atoms with Crippen LogP contribution in [0.2, 0.25) is 0 Å². The molecule has 3 nitrogen and oxygen atoms in total. The molecule has 0 saturated heterocycles. The average Bonchev–Trinajstić information content (AvgIpc) is 2.40. The van der Waals surface area contributed by atoms with E-state index in [1.807, 2.05) is 37.4 Å². The first-order chi connectivity index (χ1) is 8.84. The summed E-state index contributed by atoms with van der Waals surface area (Å²) in [4.78, 5) is 4.09. The lowest BCUT2D eigenvalue weighted by Gasteiger charge is -2.07. The van der Waals surface area contributed by atoms with E-state index in [4.69, 9.17) is 4.74 Å². The van der Waals surface area contributed by atoms with Gasteiger partial charge in [0.15, 0.2) is 0 Å². The molecule has 1 aromatic heterocycles. The highest BCUT2D eigenvalue weighted by molar-refractivity contribution is 5.22. The van der Waals surface area contributed by atoms with Gasteiger partial charge >= 0.3 is 0 Å². The first-order valence-corrected chi connectivity index (χ1v) is 6.14. The van der Waals surface area contributed by atoms with E-state index < -0.39 is 0 Å². The molecule has 0 fully saturated rings. The van der Waals surface area contributed by atoms with Crippen molar-refractivity contribution in [3.8, 4) is 5.75 Å². The van der Waals surface area contributed by atoms with Crippen molar-refractivity contribution in [3.63, 3.8) is 0 Å². The summed E-state index contributed by atoms with van der Waals surface area (Å²) >= 11 is 0. The number of hydrogen-bond acceptors (Lipinski definition) is 3. The molecule has 0 radical (unpaired) electrons. The van der Waals surface area contributed by atoms with Crippen LogP contribution in [0.15, 0.2) is 48.8 Å². The van der Waals surface area contributed by atoms with Gasteiger partial charge in [-0.15, -0.1) is 0 Å². The molecule has 0 bridgehead atoms. The first kappa shape index (κ1) is 12.6. The van der Waals surface area contributed by atoms with E-state index in [9.17, 15) is 0 Å². The lowest BCUT2D eigenvalue weighted by atomic mass is 10.2. The zero-order valence-corrected chi connectivity index (χ0v) is 10.6. The van der Waals surface area contributed by atoms with Gasteiger partial charge < -0.3 is 10.1 Å². The lowest BCUT2D eigenvalue weighted by molar-refractivity contribution is 0.312. The van der Waals surface area contributed by atoms with Crippen LogP contribution in [-0.4, -0.2) is 18.1 Å². The predicted molar refractivity (Wildman–Crippen MR) is 72.6 cm³/mol. The number of aryl methyl sites for hydroxylation is 1. The van der Waals surface area contributed by atoms with Crippen molar-refractivity contribution in [2.75, 3.05) is 13.2 Å². The summed E-state index contributed by atoms with van der Waals surface area (Å²) in [5.74, 6) is 0.830. The molecule has 0 aliphatic rings. The monoisotopic (exact) mass is 242 g/mol. The minimum Gasteiger partial charge on any atom is -0.491 e. The third-order valence-electron chi connectivity index (χ3n) is 2.57. The van der Waals surface area contributed by atoms with Crippen LogP contribution in [0.1, 0.15) is 11.1 Å². The molecule has 3 heteroatoms. The molecule has 2 rings (SSSR count). The quantitative estimate of drug-likeness (QED) is 0.790. The van der Waals surface area contributed by atoms with Crippen LogP contribution in [-0.2, 0) is 6.54 Å². The van der Waals surface area contributed by atoms with Crippen molar-refractivity contribution in [3.05, 3.63) is 59.9 Å². The second kappa shape index (κ2) is 6.77.